The van der Waals surface area contributed by atoms with Crippen LogP contribution in [-0.2, 0) is 4.79 Å². The third-order valence-electron chi connectivity index (χ3n) is 3.55. The Hall–Kier alpha value is -0.610. The first-order chi connectivity index (χ1) is 8.04. The van der Waals surface area contributed by atoms with Crippen molar-refractivity contribution in [3.63, 3.8) is 0 Å². The molecule has 17 heavy (non-hydrogen) atoms. The van der Waals surface area contributed by atoms with Crippen molar-refractivity contribution in [3.8, 4) is 0 Å². The molecule has 0 amide bonds. The largest absolute Gasteiger partial charge is 0.481 e. The van der Waals surface area contributed by atoms with Crippen molar-refractivity contribution < 1.29 is 9.90 Å². The van der Waals surface area contributed by atoms with Gasteiger partial charge in [0.1, 0.15) is 0 Å². The Labute approximate surface area is 103 Å². The minimum atomic E-state index is -0.638. The highest BCUT2D eigenvalue weighted by Crippen LogP contribution is 2.24. The molecule has 2 N–H and O–H groups in total. The van der Waals surface area contributed by atoms with Gasteiger partial charge in [-0.15, -0.1) is 0 Å². The highest BCUT2D eigenvalue weighted by atomic mass is 16.4. The fourth-order valence-electron chi connectivity index (χ4n) is 2.74. The van der Waals surface area contributed by atoms with E-state index >= 15 is 0 Å². The summed E-state index contributed by atoms with van der Waals surface area (Å²) in [7, 11) is 0. The number of carboxylic acid groups (broad SMARTS) is 1. The summed E-state index contributed by atoms with van der Waals surface area (Å²) in [6.45, 7) is 7.11. The Morgan fingerprint density at radius 3 is 2.59 bits per heavy atom. The van der Waals surface area contributed by atoms with Crippen molar-refractivity contribution in [1.82, 2.24) is 10.2 Å². The molecule has 0 bridgehead atoms. The standard InChI is InChI=1S/C13H24N2O2/c1-9(2)6-15-7-10(13(16)17)5-12(8-15)14-11-3-4-11/h9-12,14H,3-8H2,1-2H3,(H,16,17). The average molecular weight is 240 g/mol. The van der Waals surface area contributed by atoms with E-state index in [0.717, 1.165) is 26.1 Å². The number of carbonyl (C=O) groups is 1. The summed E-state index contributed by atoms with van der Waals surface area (Å²) in [5.74, 6) is -0.232. The van der Waals surface area contributed by atoms with Gasteiger partial charge in [-0.25, -0.2) is 0 Å². The zero-order valence-corrected chi connectivity index (χ0v) is 10.9. The van der Waals surface area contributed by atoms with Gasteiger partial charge in [-0.2, -0.15) is 0 Å². The van der Waals surface area contributed by atoms with Gasteiger partial charge in [0.2, 0.25) is 0 Å². The van der Waals surface area contributed by atoms with E-state index < -0.39 is 5.97 Å². The Bertz CT molecular complexity index is 265. The molecule has 4 nitrogen and oxygen atoms in total. The van der Waals surface area contributed by atoms with Crippen LogP contribution < -0.4 is 5.32 Å². The zero-order chi connectivity index (χ0) is 12.4. The first-order valence-electron chi connectivity index (χ1n) is 6.75. The molecule has 98 valence electrons. The van der Waals surface area contributed by atoms with E-state index in [0.29, 0.717) is 18.0 Å². The van der Waals surface area contributed by atoms with E-state index in [-0.39, 0.29) is 5.92 Å². The Morgan fingerprint density at radius 1 is 1.35 bits per heavy atom. The van der Waals surface area contributed by atoms with Crippen LogP contribution in [0.2, 0.25) is 0 Å². The molecule has 1 saturated carbocycles. The van der Waals surface area contributed by atoms with Crippen molar-refractivity contribution in [2.24, 2.45) is 11.8 Å². The third-order valence-corrected chi connectivity index (χ3v) is 3.55. The lowest BCUT2D eigenvalue weighted by Crippen LogP contribution is -2.52. The predicted molar refractivity (Wildman–Crippen MR) is 67.0 cm³/mol. The van der Waals surface area contributed by atoms with Crippen LogP contribution in [0.25, 0.3) is 0 Å². The topological polar surface area (TPSA) is 52.6 Å². The van der Waals surface area contributed by atoms with E-state index in [1.54, 1.807) is 0 Å². The summed E-state index contributed by atoms with van der Waals surface area (Å²) in [5, 5.41) is 12.8. The fourth-order valence-corrected chi connectivity index (χ4v) is 2.74. The third kappa shape index (κ3) is 3.96. The van der Waals surface area contributed by atoms with E-state index in [4.69, 9.17) is 0 Å². The van der Waals surface area contributed by atoms with Crippen molar-refractivity contribution in [2.75, 3.05) is 19.6 Å². The molecule has 0 spiro atoms. The second-order valence-corrected chi connectivity index (χ2v) is 6.02. The number of hydrogen-bond donors (Lipinski definition) is 2. The molecule has 1 heterocycles. The molecular weight excluding hydrogens is 216 g/mol. The van der Waals surface area contributed by atoms with E-state index in [9.17, 15) is 9.90 Å². The maximum absolute atomic E-state index is 11.2. The fraction of sp³-hybridized carbons (Fsp3) is 0.923. The molecule has 2 aliphatic rings. The van der Waals surface area contributed by atoms with Gasteiger partial charge in [0.15, 0.2) is 0 Å². The minimum absolute atomic E-state index is 0.196. The van der Waals surface area contributed by atoms with Crippen molar-refractivity contribution >= 4 is 5.97 Å². The van der Waals surface area contributed by atoms with Crippen molar-refractivity contribution in [2.45, 2.75) is 45.2 Å². The van der Waals surface area contributed by atoms with E-state index in [1.165, 1.54) is 12.8 Å². The number of nitrogens with zero attached hydrogens (tertiary/aromatic N) is 1. The van der Waals surface area contributed by atoms with Crippen LogP contribution in [0.5, 0.6) is 0 Å². The maximum atomic E-state index is 11.2. The van der Waals surface area contributed by atoms with Crippen LogP contribution in [0.1, 0.15) is 33.1 Å². The molecule has 1 saturated heterocycles. The summed E-state index contributed by atoms with van der Waals surface area (Å²) >= 11 is 0. The molecule has 1 aliphatic heterocycles. The summed E-state index contributed by atoms with van der Waals surface area (Å²) in [6, 6.07) is 1.03. The molecule has 2 rings (SSSR count). The van der Waals surface area contributed by atoms with Crippen molar-refractivity contribution in [3.05, 3.63) is 0 Å². The first-order valence-corrected chi connectivity index (χ1v) is 6.75. The first kappa shape index (κ1) is 12.8. The molecule has 2 unspecified atom stereocenters. The van der Waals surface area contributed by atoms with Gasteiger partial charge in [-0.05, 0) is 25.2 Å². The summed E-state index contributed by atoms with van der Waals surface area (Å²) in [5.41, 5.74) is 0. The summed E-state index contributed by atoms with van der Waals surface area (Å²) in [6.07, 6.45) is 3.32. The van der Waals surface area contributed by atoms with Gasteiger partial charge in [-0.3, -0.25) is 4.79 Å². The molecule has 4 heteroatoms. The molecule has 1 aliphatic carbocycles. The monoisotopic (exact) mass is 240 g/mol. The van der Waals surface area contributed by atoms with Gasteiger partial charge < -0.3 is 15.3 Å². The van der Waals surface area contributed by atoms with Crippen LogP contribution in [0.15, 0.2) is 0 Å². The van der Waals surface area contributed by atoms with Gasteiger partial charge in [0.05, 0.1) is 5.92 Å². The number of likely N-dealkylation sites (tertiary alicyclic amines) is 1. The van der Waals surface area contributed by atoms with E-state index in [1.807, 2.05) is 0 Å². The van der Waals surface area contributed by atoms with Crippen LogP contribution >= 0.6 is 0 Å². The number of piperidine rings is 1. The van der Waals surface area contributed by atoms with Gasteiger partial charge in [0, 0.05) is 31.7 Å². The molecule has 0 aromatic rings. The van der Waals surface area contributed by atoms with E-state index in [2.05, 4.69) is 24.1 Å². The normalized spacial score (nSPS) is 30.8. The number of aliphatic carboxylic acids is 1. The minimum Gasteiger partial charge on any atom is -0.481 e. The lowest BCUT2D eigenvalue weighted by molar-refractivity contribution is -0.144. The molecule has 0 aromatic carbocycles. The second kappa shape index (κ2) is 5.36. The Morgan fingerprint density at radius 2 is 2.06 bits per heavy atom. The molecule has 2 atom stereocenters. The van der Waals surface area contributed by atoms with Crippen molar-refractivity contribution in [1.29, 1.82) is 0 Å². The lowest BCUT2D eigenvalue weighted by atomic mass is 9.93. The Kier molecular flexibility index (Phi) is 4.05. The smallest absolute Gasteiger partial charge is 0.307 e. The summed E-state index contributed by atoms with van der Waals surface area (Å²) in [4.78, 5) is 13.5. The maximum Gasteiger partial charge on any atom is 0.307 e. The number of rotatable bonds is 5. The molecule has 0 radical (unpaired) electrons. The van der Waals surface area contributed by atoms with Crippen LogP contribution in [-0.4, -0.2) is 47.7 Å². The molecule has 0 aromatic heterocycles. The highest BCUT2D eigenvalue weighted by molar-refractivity contribution is 5.70. The van der Waals surface area contributed by atoms with Gasteiger partial charge >= 0.3 is 5.97 Å². The quantitative estimate of drug-likeness (QED) is 0.757. The van der Waals surface area contributed by atoms with Crippen LogP contribution in [0.3, 0.4) is 0 Å². The SMILES string of the molecule is CC(C)CN1CC(NC2CC2)CC(C(=O)O)C1. The number of hydrogen-bond acceptors (Lipinski definition) is 3. The van der Waals surface area contributed by atoms with Crippen LogP contribution in [0, 0.1) is 11.8 Å². The second-order valence-electron chi connectivity index (χ2n) is 6.02. The molecule has 2 fully saturated rings. The number of nitrogens with one attached hydrogen (secondary N) is 1. The predicted octanol–water partition coefficient (Wildman–Crippen LogP) is 1.17. The molecular formula is C13H24N2O2. The zero-order valence-electron chi connectivity index (χ0n) is 10.9. The van der Waals surface area contributed by atoms with Crippen LogP contribution in [0.4, 0.5) is 0 Å². The number of carboxylic acids is 1. The van der Waals surface area contributed by atoms with Gasteiger partial charge in [-0.1, -0.05) is 13.8 Å². The highest BCUT2D eigenvalue weighted by Gasteiger charge is 2.34. The summed E-state index contributed by atoms with van der Waals surface area (Å²) < 4.78 is 0. The Balaban J connectivity index is 1.90. The van der Waals surface area contributed by atoms with Gasteiger partial charge in [0.25, 0.3) is 0 Å². The lowest BCUT2D eigenvalue weighted by Gasteiger charge is -2.37. The average Bonchev–Trinajstić information content (AvgIpc) is 3.00.